The molecule has 6 heteroatoms. The Morgan fingerprint density at radius 1 is 1.13 bits per heavy atom. The average molecular weight is 433 g/mol. The summed E-state index contributed by atoms with van der Waals surface area (Å²) < 4.78 is 11.0. The third-order valence-corrected chi connectivity index (χ3v) is 6.56. The van der Waals surface area contributed by atoms with Crippen LogP contribution in [0.25, 0.3) is 0 Å². The maximum Gasteiger partial charge on any atom is 0.127 e. The van der Waals surface area contributed by atoms with E-state index < -0.39 is 0 Å². The van der Waals surface area contributed by atoms with E-state index in [1.807, 2.05) is 30.3 Å². The Kier molecular flexibility index (Phi) is 7.64. The molecule has 3 rings (SSSR count). The lowest BCUT2D eigenvalue weighted by atomic mass is 9.90. The van der Waals surface area contributed by atoms with Crippen LogP contribution in [0.2, 0.25) is 5.02 Å². The van der Waals surface area contributed by atoms with Gasteiger partial charge in [0, 0.05) is 35.3 Å². The lowest BCUT2D eigenvalue weighted by Crippen LogP contribution is -2.45. The number of benzene rings is 2. The molecule has 0 spiro atoms. The molecule has 1 saturated heterocycles. The molecule has 1 aliphatic rings. The number of aliphatic hydroxyl groups is 1. The van der Waals surface area contributed by atoms with Gasteiger partial charge in [-0.25, -0.2) is 0 Å². The second-order valence-electron chi connectivity index (χ2n) is 8.17. The van der Waals surface area contributed by atoms with Crippen molar-refractivity contribution in [3.05, 3.63) is 58.6 Å². The van der Waals surface area contributed by atoms with Crippen molar-refractivity contribution in [2.75, 3.05) is 33.9 Å². The molecule has 0 bridgehead atoms. The predicted molar refractivity (Wildman–Crippen MR) is 121 cm³/mol. The highest BCUT2D eigenvalue weighted by Gasteiger charge is 2.47. The van der Waals surface area contributed by atoms with Gasteiger partial charge in [0.15, 0.2) is 0 Å². The van der Waals surface area contributed by atoms with Gasteiger partial charge in [-0.1, -0.05) is 36.7 Å². The molecule has 164 valence electrons. The predicted octanol–water partition coefficient (Wildman–Crippen LogP) is 4.28. The summed E-state index contributed by atoms with van der Waals surface area (Å²) in [4.78, 5) is 2.42. The van der Waals surface area contributed by atoms with Crippen LogP contribution in [-0.4, -0.2) is 49.5 Å². The van der Waals surface area contributed by atoms with Crippen LogP contribution in [-0.2, 0) is 6.54 Å². The monoisotopic (exact) mass is 432 g/mol. The number of methoxy groups -OCH3 is 2. The number of likely N-dealkylation sites (N-methyl/N-ethyl adjacent to an activating group) is 1. The van der Waals surface area contributed by atoms with Crippen molar-refractivity contribution >= 4 is 11.6 Å². The fourth-order valence-corrected chi connectivity index (χ4v) is 5.02. The maximum atomic E-state index is 10.2. The van der Waals surface area contributed by atoms with E-state index in [2.05, 4.69) is 36.2 Å². The maximum absolute atomic E-state index is 10.2. The van der Waals surface area contributed by atoms with Crippen LogP contribution in [0.4, 0.5) is 0 Å². The Labute approximate surface area is 184 Å². The Bertz CT molecular complexity index is 807. The van der Waals surface area contributed by atoms with Crippen LogP contribution in [0.5, 0.6) is 11.5 Å². The highest BCUT2D eigenvalue weighted by molar-refractivity contribution is 6.30. The summed E-state index contributed by atoms with van der Waals surface area (Å²) in [6.45, 7) is 6.80. The third-order valence-electron chi connectivity index (χ3n) is 6.31. The zero-order valence-corrected chi connectivity index (χ0v) is 19.1. The molecule has 2 aromatic carbocycles. The van der Waals surface area contributed by atoms with Gasteiger partial charge in [0.1, 0.15) is 11.5 Å². The fourth-order valence-electron chi connectivity index (χ4n) is 4.90. The Balaban J connectivity index is 1.80. The van der Waals surface area contributed by atoms with E-state index in [9.17, 15) is 5.11 Å². The number of nitrogens with zero attached hydrogens (tertiary/aromatic N) is 1. The van der Waals surface area contributed by atoms with Crippen molar-refractivity contribution in [2.45, 2.75) is 38.4 Å². The van der Waals surface area contributed by atoms with Crippen molar-refractivity contribution in [1.82, 2.24) is 10.2 Å². The molecule has 1 heterocycles. The number of hydrogen-bond acceptors (Lipinski definition) is 5. The van der Waals surface area contributed by atoms with Gasteiger partial charge in [-0.05, 0) is 55.6 Å². The SMILES string of the molecule is CCN1[C@H](c2ccc(Cl)cc2)[C@H](CNCc2c(OC)cccc2OC)C[C@]1(C)CO. The van der Waals surface area contributed by atoms with Crippen LogP contribution < -0.4 is 14.8 Å². The molecular weight excluding hydrogens is 400 g/mol. The Morgan fingerprint density at radius 3 is 2.30 bits per heavy atom. The van der Waals surface area contributed by atoms with E-state index in [1.165, 1.54) is 5.56 Å². The third kappa shape index (κ3) is 4.59. The van der Waals surface area contributed by atoms with Gasteiger partial charge in [0.25, 0.3) is 0 Å². The van der Waals surface area contributed by atoms with Gasteiger partial charge in [-0.2, -0.15) is 0 Å². The first kappa shape index (κ1) is 22.9. The lowest BCUT2D eigenvalue weighted by Gasteiger charge is -2.37. The molecule has 0 amide bonds. The van der Waals surface area contributed by atoms with Gasteiger partial charge >= 0.3 is 0 Å². The zero-order chi connectivity index (χ0) is 21.7. The minimum Gasteiger partial charge on any atom is -0.496 e. The lowest BCUT2D eigenvalue weighted by molar-refractivity contribution is 0.0579. The molecule has 0 aromatic heterocycles. The number of halogens is 1. The van der Waals surface area contributed by atoms with Crippen LogP contribution in [0.3, 0.4) is 0 Å². The highest BCUT2D eigenvalue weighted by Crippen LogP contribution is 2.46. The quantitative estimate of drug-likeness (QED) is 0.619. The standard InChI is InChI=1S/C24H33ClN2O3/c1-5-27-23(17-9-11-19(25)12-10-17)18(13-24(27,2)16-28)14-26-15-20-21(29-3)7-6-8-22(20)30-4/h6-12,18,23,26,28H,5,13-16H2,1-4H3/t18-,23+,24+/m0/s1. The van der Waals surface area contributed by atoms with Crippen LogP contribution >= 0.6 is 11.6 Å². The second kappa shape index (κ2) is 10.0. The minimum atomic E-state index is -0.243. The first-order valence-corrected chi connectivity index (χ1v) is 10.9. The van der Waals surface area contributed by atoms with Crippen LogP contribution in [0, 0.1) is 5.92 Å². The molecule has 1 fully saturated rings. The number of ether oxygens (including phenoxy) is 2. The number of rotatable bonds is 9. The molecule has 30 heavy (non-hydrogen) atoms. The summed E-state index contributed by atoms with van der Waals surface area (Å²) in [6.07, 6.45) is 0.917. The summed E-state index contributed by atoms with van der Waals surface area (Å²) >= 11 is 6.13. The normalized spacial score (nSPS) is 24.2. The smallest absolute Gasteiger partial charge is 0.127 e. The summed E-state index contributed by atoms with van der Waals surface area (Å²) in [5, 5.41) is 14.5. The zero-order valence-electron chi connectivity index (χ0n) is 18.3. The average Bonchev–Trinajstić information content (AvgIpc) is 3.06. The summed E-state index contributed by atoms with van der Waals surface area (Å²) in [5.41, 5.74) is 2.01. The Morgan fingerprint density at radius 2 is 1.77 bits per heavy atom. The minimum absolute atomic E-state index is 0.141. The molecule has 2 aromatic rings. The Hall–Kier alpha value is -1.79. The number of hydrogen-bond donors (Lipinski definition) is 2. The first-order chi connectivity index (χ1) is 14.5. The van der Waals surface area contributed by atoms with E-state index in [1.54, 1.807) is 14.2 Å². The molecular formula is C24H33ClN2O3. The summed E-state index contributed by atoms with van der Waals surface area (Å²) in [6, 6.07) is 14.2. The topological polar surface area (TPSA) is 54.0 Å². The summed E-state index contributed by atoms with van der Waals surface area (Å²) in [7, 11) is 3.36. The molecule has 0 unspecified atom stereocenters. The van der Waals surface area contributed by atoms with E-state index in [4.69, 9.17) is 21.1 Å². The summed E-state index contributed by atoms with van der Waals surface area (Å²) in [5.74, 6) is 1.99. The number of likely N-dealkylation sites (tertiary alicyclic amines) is 1. The molecule has 0 aliphatic carbocycles. The van der Waals surface area contributed by atoms with E-state index in [-0.39, 0.29) is 18.2 Å². The van der Waals surface area contributed by atoms with Crippen molar-refractivity contribution in [3.63, 3.8) is 0 Å². The van der Waals surface area contributed by atoms with Crippen molar-refractivity contribution in [2.24, 2.45) is 5.92 Å². The molecule has 1 aliphatic heterocycles. The molecule has 0 saturated carbocycles. The highest BCUT2D eigenvalue weighted by atomic mass is 35.5. The first-order valence-electron chi connectivity index (χ1n) is 10.5. The molecule has 5 nitrogen and oxygen atoms in total. The second-order valence-corrected chi connectivity index (χ2v) is 8.61. The van der Waals surface area contributed by atoms with Gasteiger partial charge in [0.2, 0.25) is 0 Å². The van der Waals surface area contributed by atoms with Crippen LogP contribution in [0.15, 0.2) is 42.5 Å². The molecule has 3 atom stereocenters. The number of nitrogens with one attached hydrogen (secondary N) is 1. The van der Waals surface area contributed by atoms with Crippen molar-refractivity contribution < 1.29 is 14.6 Å². The largest absolute Gasteiger partial charge is 0.496 e. The van der Waals surface area contributed by atoms with Gasteiger partial charge in [-0.3, -0.25) is 4.90 Å². The van der Waals surface area contributed by atoms with Gasteiger partial charge < -0.3 is 19.9 Å². The fraction of sp³-hybridized carbons (Fsp3) is 0.500. The molecule has 2 N–H and O–H groups in total. The van der Waals surface area contributed by atoms with Gasteiger partial charge in [0.05, 0.1) is 20.8 Å². The van der Waals surface area contributed by atoms with Crippen molar-refractivity contribution in [3.8, 4) is 11.5 Å². The van der Waals surface area contributed by atoms with Gasteiger partial charge in [-0.15, -0.1) is 0 Å². The van der Waals surface area contributed by atoms with Crippen molar-refractivity contribution in [1.29, 1.82) is 0 Å². The van der Waals surface area contributed by atoms with Crippen LogP contribution in [0.1, 0.15) is 37.4 Å². The molecule has 0 radical (unpaired) electrons. The van der Waals surface area contributed by atoms with E-state index in [0.717, 1.165) is 41.6 Å². The van der Waals surface area contributed by atoms with E-state index in [0.29, 0.717) is 12.5 Å². The van der Waals surface area contributed by atoms with E-state index >= 15 is 0 Å². The number of aliphatic hydroxyl groups excluding tert-OH is 1.